The monoisotopic (exact) mass is 464 g/mol. The summed E-state index contributed by atoms with van der Waals surface area (Å²) in [5.41, 5.74) is 0.876. The summed E-state index contributed by atoms with van der Waals surface area (Å²) >= 11 is 3.39. The van der Waals surface area contributed by atoms with Gasteiger partial charge >= 0.3 is 0 Å². The normalized spacial score (nSPS) is 11.6. The quantitative estimate of drug-likeness (QED) is 0.533. The van der Waals surface area contributed by atoms with E-state index >= 15 is 0 Å². The molecule has 1 unspecified atom stereocenters. The summed E-state index contributed by atoms with van der Waals surface area (Å²) in [6.45, 7) is 4.17. The van der Waals surface area contributed by atoms with E-state index in [4.69, 9.17) is 4.74 Å². The van der Waals surface area contributed by atoms with Gasteiger partial charge in [0, 0.05) is 17.6 Å². The Morgan fingerprint density at radius 3 is 2.52 bits per heavy atom. The lowest BCUT2D eigenvalue weighted by Gasteiger charge is -2.28. The standard InChI is InChI=1S/C22H26BrFN2O3/c1-3-4-13-25-22(28)16(2)26(14-17-9-11-18(23)12-10-17)21(27)15-29-20-8-6-5-7-19(20)24/h5-12,16H,3-4,13-15H2,1-2H3,(H,25,28). The minimum Gasteiger partial charge on any atom is -0.481 e. The number of unbranched alkanes of at least 4 members (excludes halogenated alkanes) is 1. The van der Waals surface area contributed by atoms with Gasteiger partial charge in [-0.25, -0.2) is 4.39 Å². The highest BCUT2D eigenvalue weighted by Crippen LogP contribution is 2.17. The molecule has 0 spiro atoms. The molecule has 29 heavy (non-hydrogen) atoms. The van der Waals surface area contributed by atoms with Crippen LogP contribution in [0.2, 0.25) is 0 Å². The summed E-state index contributed by atoms with van der Waals surface area (Å²) in [5, 5.41) is 2.86. The van der Waals surface area contributed by atoms with Crippen molar-refractivity contribution < 1.29 is 18.7 Å². The van der Waals surface area contributed by atoms with Crippen molar-refractivity contribution in [1.82, 2.24) is 10.2 Å². The minimum atomic E-state index is -0.688. The van der Waals surface area contributed by atoms with E-state index < -0.39 is 17.8 Å². The molecule has 0 fully saturated rings. The highest BCUT2D eigenvalue weighted by atomic mass is 79.9. The number of carbonyl (C=O) groups excluding carboxylic acids is 2. The molecule has 0 bridgehead atoms. The van der Waals surface area contributed by atoms with Crippen molar-refractivity contribution in [2.75, 3.05) is 13.2 Å². The first-order valence-corrected chi connectivity index (χ1v) is 10.4. The summed E-state index contributed by atoms with van der Waals surface area (Å²) in [6.07, 6.45) is 1.84. The molecule has 0 aliphatic heterocycles. The number of amides is 2. The molecule has 2 aromatic rings. The second kappa shape index (κ2) is 11.6. The lowest BCUT2D eigenvalue weighted by atomic mass is 10.1. The zero-order chi connectivity index (χ0) is 21.2. The Morgan fingerprint density at radius 1 is 1.17 bits per heavy atom. The lowest BCUT2D eigenvalue weighted by Crippen LogP contribution is -2.49. The summed E-state index contributed by atoms with van der Waals surface area (Å²) in [7, 11) is 0. The zero-order valence-corrected chi connectivity index (χ0v) is 18.2. The van der Waals surface area contributed by atoms with Crippen LogP contribution in [0.5, 0.6) is 5.75 Å². The molecule has 2 aromatic carbocycles. The van der Waals surface area contributed by atoms with E-state index in [1.807, 2.05) is 31.2 Å². The number of hydrogen-bond acceptors (Lipinski definition) is 3. The molecule has 1 N–H and O–H groups in total. The molecule has 1 atom stereocenters. The number of para-hydroxylation sites is 1. The third-order valence-corrected chi connectivity index (χ3v) is 4.98. The predicted molar refractivity (Wildman–Crippen MR) is 114 cm³/mol. The van der Waals surface area contributed by atoms with Gasteiger partial charge in [0.15, 0.2) is 18.2 Å². The van der Waals surface area contributed by atoms with E-state index in [0.717, 1.165) is 22.9 Å². The van der Waals surface area contributed by atoms with Crippen LogP contribution < -0.4 is 10.1 Å². The van der Waals surface area contributed by atoms with Gasteiger partial charge in [-0.05, 0) is 43.2 Å². The van der Waals surface area contributed by atoms with Crippen LogP contribution >= 0.6 is 15.9 Å². The van der Waals surface area contributed by atoms with Gasteiger partial charge in [-0.1, -0.05) is 53.5 Å². The van der Waals surface area contributed by atoms with E-state index in [2.05, 4.69) is 21.2 Å². The van der Waals surface area contributed by atoms with Gasteiger partial charge < -0.3 is 15.0 Å². The largest absolute Gasteiger partial charge is 0.481 e. The van der Waals surface area contributed by atoms with Crippen LogP contribution in [-0.4, -0.2) is 35.9 Å². The number of carbonyl (C=O) groups is 2. The Balaban J connectivity index is 2.11. The third kappa shape index (κ3) is 7.16. The highest BCUT2D eigenvalue weighted by Gasteiger charge is 2.26. The fourth-order valence-electron chi connectivity index (χ4n) is 2.69. The van der Waals surface area contributed by atoms with Crippen molar-refractivity contribution in [2.24, 2.45) is 0 Å². The fraction of sp³-hybridized carbons (Fsp3) is 0.364. The molecular formula is C22H26BrFN2O3. The molecule has 156 valence electrons. The van der Waals surface area contributed by atoms with Crippen LogP contribution in [0.25, 0.3) is 0 Å². The topological polar surface area (TPSA) is 58.6 Å². The van der Waals surface area contributed by atoms with Crippen LogP contribution in [0.4, 0.5) is 4.39 Å². The number of rotatable bonds is 10. The Kier molecular flexibility index (Phi) is 9.12. The van der Waals surface area contributed by atoms with Gasteiger partial charge in [0.25, 0.3) is 5.91 Å². The summed E-state index contributed by atoms with van der Waals surface area (Å²) in [4.78, 5) is 26.8. The average molecular weight is 465 g/mol. The Labute approximate surface area is 179 Å². The molecule has 0 aliphatic carbocycles. The summed E-state index contributed by atoms with van der Waals surface area (Å²) < 4.78 is 20.0. The van der Waals surface area contributed by atoms with E-state index in [0.29, 0.717) is 6.54 Å². The average Bonchev–Trinajstić information content (AvgIpc) is 2.72. The first-order chi connectivity index (χ1) is 13.9. The molecule has 0 aliphatic rings. The number of nitrogens with one attached hydrogen (secondary N) is 1. The first kappa shape index (κ1) is 22.9. The molecule has 0 heterocycles. The van der Waals surface area contributed by atoms with E-state index in [1.165, 1.54) is 17.0 Å². The molecule has 0 saturated carbocycles. The number of nitrogens with zero attached hydrogens (tertiary/aromatic N) is 1. The molecule has 0 radical (unpaired) electrons. The molecule has 2 rings (SSSR count). The smallest absolute Gasteiger partial charge is 0.261 e. The van der Waals surface area contributed by atoms with Crippen LogP contribution in [0.1, 0.15) is 32.3 Å². The number of benzene rings is 2. The highest BCUT2D eigenvalue weighted by molar-refractivity contribution is 9.10. The second-order valence-corrected chi connectivity index (χ2v) is 7.60. The molecule has 5 nitrogen and oxygen atoms in total. The SMILES string of the molecule is CCCCNC(=O)C(C)N(Cc1ccc(Br)cc1)C(=O)COc1ccccc1F. The maximum absolute atomic E-state index is 13.8. The number of halogens is 2. The maximum Gasteiger partial charge on any atom is 0.261 e. The lowest BCUT2D eigenvalue weighted by molar-refractivity contribution is -0.142. The van der Waals surface area contributed by atoms with E-state index in [-0.39, 0.29) is 24.8 Å². The second-order valence-electron chi connectivity index (χ2n) is 6.69. The summed E-state index contributed by atoms with van der Waals surface area (Å²) in [5.74, 6) is -1.15. The minimum absolute atomic E-state index is 0.00416. The first-order valence-electron chi connectivity index (χ1n) is 9.61. The number of ether oxygens (including phenoxy) is 1. The molecule has 7 heteroatoms. The fourth-order valence-corrected chi connectivity index (χ4v) is 2.95. The van der Waals surface area contributed by atoms with Crippen LogP contribution in [-0.2, 0) is 16.1 Å². The summed E-state index contributed by atoms with van der Waals surface area (Å²) in [6, 6.07) is 12.7. The van der Waals surface area contributed by atoms with Crippen molar-refractivity contribution >= 4 is 27.7 Å². The van der Waals surface area contributed by atoms with Crippen molar-refractivity contribution in [2.45, 2.75) is 39.3 Å². The third-order valence-electron chi connectivity index (χ3n) is 4.45. The van der Waals surface area contributed by atoms with Crippen LogP contribution in [0.3, 0.4) is 0 Å². The van der Waals surface area contributed by atoms with Crippen LogP contribution in [0, 0.1) is 5.82 Å². The van der Waals surface area contributed by atoms with Gasteiger partial charge in [-0.15, -0.1) is 0 Å². The van der Waals surface area contributed by atoms with Crippen molar-refractivity contribution in [3.05, 3.63) is 64.4 Å². The van der Waals surface area contributed by atoms with Crippen molar-refractivity contribution in [1.29, 1.82) is 0 Å². The van der Waals surface area contributed by atoms with Gasteiger partial charge in [-0.2, -0.15) is 0 Å². The Bertz CT molecular complexity index is 814. The maximum atomic E-state index is 13.8. The molecule has 2 amide bonds. The van der Waals surface area contributed by atoms with Crippen molar-refractivity contribution in [3.8, 4) is 5.75 Å². The van der Waals surface area contributed by atoms with Crippen molar-refractivity contribution in [3.63, 3.8) is 0 Å². The van der Waals surface area contributed by atoms with Gasteiger partial charge in [0.2, 0.25) is 5.91 Å². The molecular weight excluding hydrogens is 439 g/mol. The van der Waals surface area contributed by atoms with Crippen LogP contribution in [0.15, 0.2) is 53.0 Å². The number of hydrogen-bond donors (Lipinski definition) is 1. The molecule has 0 aromatic heterocycles. The molecule has 0 saturated heterocycles. The zero-order valence-electron chi connectivity index (χ0n) is 16.7. The Hall–Kier alpha value is -2.41. The van der Waals surface area contributed by atoms with E-state index in [9.17, 15) is 14.0 Å². The van der Waals surface area contributed by atoms with Gasteiger partial charge in [-0.3, -0.25) is 9.59 Å². The Morgan fingerprint density at radius 2 is 1.86 bits per heavy atom. The van der Waals surface area contributed by atoms with Gasteiger partial charge in [0.05, 0.1) is 0 Å². The van der Waals surface area contributed by atoms with Gasteiger partial charge in [0.1, 0.15) is 6.04 Å². The predicted octanol–water partition coefficient (Wildman–Crippen LogP) is 4.30. The van der Waals surface area contributed by atoms with E-state index in [1.54, 1.807) is 19.1 Å².